The van der Waals surface area contributed by atoms with Crippen LogP contribution in [0.25, 0.3) is 10.9 Å². The van der Waals surface area contributed by atoms with E-state index in [0.29, 0.717) is 5.69 Å². The SMILES string of the molecule is CCN(C)CCc1cc(C)c(OC([SH2+])=NC(=N)c2ccc3ccccc3n2)cc1C. The predicted molar refractivity (Wildman–Crippen MR) is 130 cm³/mol. The van der Waals surface area contributed by atoms with Crippen LogP contribution in [0.4, 0.5) is 0 Å². The number of likely N-dealkylation sites (N-methyl/N-ethyl adjacent to an activating group) is 1. The molecule has 0 aliphatic rings. The summed E-state index contributed by atoms with van der Waals surface area (Å²) in [5.74, 6) is 0.771. The van der Waals surface area contributed by atoms with E-state index in [1.165, 1.54) is 11.1 Å². The van der Waals surface area contributed by atoms with Crippen LogP contribution in [0.3, 0.4) is 0 Å². The first-order chi connectivity index (χ1) is 14.4. The summed E-state index contributed by atoms with van der Waals surface area (Å²) in [6.07, 6.45) is 1.00. The monoisotopic (exact) mass is 421 g/mol. The molecule has 6 heteroatoms. The van der Waals surface area contributed by atoms with Crippen molar-refractivity contribution < 1.29 is 4.74 Å². The lowest BCUT2D eigenvalue weighted by molar-refractivity contribution is 0.357. The van der Waals surface area contributed by atoms with Crippen molar-refractivity contribution in [1.29, 1.82) is 5.41 Å². The lowest BCUT2D eigenvalue weighted by atomic mass is 10.0. The van der Waals surface area contributed by atoms with Gasteiger partial charge in [0.1, 0.15) is 11.4 Å². The quantitative estimate of drug-likeness (QED) is 0.370. The van der Waals surface area contributed by atoms with Crippen molar-refractivity contribution >= 4 is 34.6 Å². The topological polar surface area (TPSA) is 61.6 Å². The number of hydrogen-bond acceptors (Lipinski definition) is 4. The molecular weight excluding hydrogens is 392 g/mol. The number of aryl methyl sites for hydroxylation is 2. The second kappa shape index (κ2) is 9.87. The zero-order chi connectivity index (χ0) is 21.7. The van der Waals surface area contributed by atoms with Crippen molar-refractivity contribution in [3.8, 4) is 5.75 Å². The van der Waals surface area contributed by atoms with E-state index < -0.39 is 0 Å². The molecule has 1 heterocycles. The fourth-order valence-electron chi connectivity index (χ4n) is 3.18. The fraction of sp³-hybridized carbons (Fsp3) is 0.292. The highest BCUT2D eigenvalue weighted by Crippen LogP contribution is 2.24. The van der Waals surface area contributed by atoms with Crippen LogP contribution < -0.4 is 4.74 Å². The molecule has 0 radical (unpaired) electrons. The number of aromatic nitrogens is 1. The number of rotatable bonds is 6. The van der Waals surface area contributed by atoms with Crippen LogP contribution in [0.1, 0.15) is 29.3 Å². The Bertz CT molecular complexity index is 1090. The van der Waals surface area contributed by atoms with Gasteiger partial charge >= 0.3 is 5.23 Å². The molecule has 1 N–H and O–H groups in total. The minimum atomic E-state index is 0.0411. The van der Waals surface area contributed by atoms with Gasteiger partial charge in [0.2, 0.25) is 0 Å². The molecule has 3 aromatic rings. The van der Waals surface area contributed by atoms with E-state index in [2.05, 4.69) is 54.5 Å². The van der Waals surface area contributed by atoms with Gasteiger partial charge in [-0.25, -0.2) is 4.98 Å². The third kappa shape index (κ3) is 5.46. The Morgan fingerprint density at radius 3 is 2.67 bits per heavy atom. The van der Waals surface area contributed by atoms with Gasteiger partial charge in [0.15, 0.2) is 5.84 Å². The zero-order valence-corrected chi connectivity index (χ0v) is 19.0. The molecule has 0 aliphatic carbocycles. The van der Waals surface area contributed by atoms with E-state index >= 15 is 0 Å². The van der Waals surface area contributed by atoms with Crippen molar-refractivity contribution in [2.75, 3.05) is 20.1 Å². The van der Waals surface area contributed by atoms with Crippen LogP contribution in [0.5, 0.6) is 5.75 Å². The summed E-state index contributed by atoms with van der Waals surface area (Å²) in [4.78, 5) is 11.0. The van der Waals surface area contributed by atoms with Crippen LogP contribution in [0, 0.1) is 19.3 Å². The van der Waals surface area contributed by atoms with E-state index in [-0.39, 0.29) is 11.1 Å². The molecule has 156 valence electrons. The minimum Gasteiger partial charge on any atom is -0.402 e. The summed E-state index contributed by atoms with van der Waals surface area (Å²) in [5, 5.41) is 9.54. The first-order valence-electron chi connectivity index (χ1n) is 10.1. The standard InChI is InChI=1S/C24H28N4OS/c1-5-28(4)13-12-19-14-17(3)22(15-16(19)2)29-24(30)27-23(25)21-11-10-18-8-6-7-9-20(18)26-21/h6-11,14-15H,5,12-13H2,1-4H3,(H2,25,27,30)/p+1. The molecular formula is C24H29N4OS+. The molecule has 2 aromatic carbocycles. The molecule has 0 spiro atoms. The molecule has 0 atom stereocenters. The van der Waals surface area contributed by atoms with Crippen molar-refractivity contribution in [2.45, 2.75) is 27.2 Å². The number of benzene rings is 2. The smallest absolute Gasteiger partial charge is 0.402 e. The first-order valence-corrected chi connectivity index (χ1v) is 10.6. The number of fused-ring (bicyclic) bond motifs is 1. The number of ether oxygens (including phenoxy) is 1. The van der Waals surface area contributed by atoms with Gasteiger partial charge in [0.25, 0.3) is 0 Å². The molecule has 1 aromatic heterocycles. The molecule has 0 amide bonds. The van der Waals surface area contributed by atoms with Gasteiger partial charge in [-0.2, -0.15) is 0 Å². The third-order valence-electron chi connectivity index (χ3n) is 5.20. The van der Waals surface area contributed by atoms with Gasteiger partial charge in [0.05, 0.1) is 18.1 Å². The Kier molecular flexibility index (Phi) is 7.24. The Balaban J connectivity index is 1.73. The van der Waals surface area contributed by atoms with Gasteiger partial charge in [0, 0.05) is 11.9 Å². The first kappa shape index (κ1) is 22.0. The van der Waals surface area contributed by atoms with E-state index in [1.54, 1.807) is 6.07 Å². The molecule has 30 heavy (non-hydrogen) atoms. The van der Waals surface area contributed by atoms with E-state index in [0.717, 1.165) is 41.7 Å². The average Bonchev–Trinajstić information content (AvgIpc) is 2.74. The second-order valence-corrected chi connectivity index (χ2v) is 7.87. The molecule has 5 nitrogen and oxygen atoms in total. The molecule has 0 unspecified atom stereocenters. The lowest BCUT2D eigenvalue weighted by Crippen LogP contribution is -2.20. The van der Waals surface area contributed by atoms with Gasteiger partial charge < -0.3 is 9.64 Å². The summed E-state index contributed by atoms with van der Waals surface area (Å²) >= 11 is 3.41. The maximum atomic E-state index is 8.28. The number of para-hydroxylation sites is 1. The summed E-state index contributed by atoms with van der Waals surface area (Å²) in [5.41, 5.74) is 4.88. The van der Waals surface area contributed by atoms with Gasteiger partial charge in [-0.1, -0.05) is 37.3 Å². The maximum absolute atomic E-state index is 8.28. The van der Waals surface area contributed by atoms with Gasteiger partial charge in [-0.05, 0) is 68.8 Å². The average molecular weight is 422 g/mol. The summed E-state index contributed by atoms with van der Waals surface area (Å²) in [7, 11) is 2.13. The Labute approximate surface area is 183 Å². The summed E-state index contributed by atoms with van der Waals surface area (Å²) in [6.45, 7) is 8.35. The van der Waals surface area contributed by atoms with Crippen molar-refractivity contribution in [3.63, 3.8) is 0 Å². The minimum absolute atomic E-state index is 0.0411. The number of amidine groups is 1. The van der Waals surface area contributed by atoms with E-state index in [9.17, 15) is 0 Å². The highest BCUT2D eigenvalue weighted by molar-refractivity contribution is 7.77. The number of hydrogen-bond donors (Lipinski definition) is 1. The molecule has 0 fully saturated rings. The highest BCUT2D eigenvalue weighted by Gasteiger charge is 2.13. The van der Waals surface area contributed by atoms with Gasteiger partial charge in [-0.15, -0.1) is 4.99 Å². The largest absolute Gasteiger partial charge is 0.414 e. The molecule has 0 aliphatic heterocycles. The van der Waals surface area contributed by atoms with Crippen LogP contribution in [0.2, 0.25) is 0 Å². The Morgan fingerprint density at radius 2 is 1.90 bits per heavy atom. The normalized spacial score (nSPS) is 11.9. The summed E-state index contributed by atoms with van der Waals surface area (Å²) in [6, 6.07) is 15.8. The Hall–Kier alpha value is -2.70. The fourth-order valence-corrected chi connectivity index (χ4v) is 3.40. The third-order valence-corrected chi connectivity index (χ3v) is 5.41. The highest BCUT2D eigenvalue weighted by atomic mass is 32.1. The van der Waals surface area contributed by atoms with Crippen molar-refractivity contribution in [3.05, 3.63) is 70.9 Å². The van der Waals surface area contributed by atoms with Crippen LogP contribution in [-0.4, -0.2) is 41.1 Å². The van der Waals surface area contributed by atoms with E-state index in [1.807, 2.05) is 43.3 Å². The lowest BCUT2D eigenvalue weighted by Gasteiger charge is -2.16. The van der Waals surface area contributed by atoms with Gasteiger partial charge in [-0.3, -0.25) is 5.41 Å². The molecule has 0 bridgehead atoms. The van der Waals surface area contributed by atoms with Crippen LogP contribution >= 0.6 is 0 Å². The number of nitrogens with zero attached hydrogens (tertiary/aromatic N) is 3. The molecule has 0 saturated heterocycles. The predicted octanol–water partition coefficient (Wildman–Crippen LogP) is 4.12. The number of nitrogens with one attached hydrogen (secondary N) is 1. The Morgan fingerprint density at radius 1 is 1.13 bits per heavy atom. The molecule has 3 rings (SSSR count). The molecule has 0 saturated carbocycles. The number of aliphatic imine (C=N–C) groups is 1. The van der Waals surface area contributed by atoms with E-state index in [4.69, 9.17) is 10.1 Å². The number of pyridine rings is 1. The zero-order valence-electron chi connectivity index (χ0n) is 18.0. The van der Waals surface area contributed by atoms with Crippen molar-refractivity contribution in [2.24, 2.45) is 4.99 Å². The van der Waals surface area contributed by atoms with Crippen LogP contribution in [0.15, 0.2) is 53.5 Å². The van der Waals surface area contributed by atoms with Crippen LogP contribution in [-0.2, 0) is 19.0 Å². The maximum Gasteiger partial charge on any atom is 0.414 e. The summed E-state index contributed by atoms with van der Waals surface area (Å²) < 4.78 is 5.89. The van der Waals surface area contributed by atoms with Crippen molar-refractivity contribution in [1.82, 2.24) is 9.88 Å². The second-order valence-electron chi connectivity index (χ2n) is 7.45.